The summed E-state index contributed by atoms with van der Waals surface area (Å²) in [6.45, 7) is 2.46. The van der Waals surface area contributed by atoms with Crippen LogP contribution < -0.4 is 10.6 Å². The molecule has 1 aliphatic carbocycles. The molecule has 1 aromatic heterocycles. The van der Waals surface area contributed by atoms with Gasteiger partial charge in [-0.15, -0.1) is 0 Å². The van der Waals surface area contributed by atoms with E-state index in [4.69, 9.17) is 4.74 Å². The minimum atomic E-state index is -0.946. The molecule has 38 heavy (non-hydrogen) atoms. The standard InChI is InChI=1S/C28H33N5O5/c34-25-6-5-24(26(35)31-25)33-27(36)22-4-3-20(14-23(22)28(33)37)29-9-1-2-17-12-21(13-17)32-16-19(15-30-32)18-7-10-38-11-8-18/h3-4,14-18,21,24,29H,1-2,5-13H2,(H,31,34,35)/t17-,21-,24?. The second kappa shape index (κ2) is 10.3. The second-order valence-electron chi connectivity index (χ2n) is 10.9. The molecule has 0 spiro atoms. The number of nitrogens with zero attached hydrogens (tertiary/aromatic N) is 3. The van der Waals surface area contributed by atoms with Gasteiger partial charge in [0.25, 0.3) is 11.8 Å². The number of anilines is 1. The molecule has 2 saturated heterocycles. The number of carbonyl (C=O) groups is 4. The van der Waals surface area contributed by atoms with E-state index < -0.39 is 23.8 Å². The van der Waals surface area contributed by atoms with Crippen molar-refractivity contribution in [2.75, 3.05) is 25.1 Å². The molecule has 3 aliphatic heterocycles. The van der Waals surface area contributed by atoms with Gasteiger partial charge in [0, 0.05) is 38.1 Å². The normalized spacial score (nSPS) is 25.8. The zero-order chi connectivity index (χ0) is 26.2. The summed E-state index contributed by atoms with van der Waals surface area (Å²) in [5.41, 5.74) is 2.71. The zero-order valence-electron chi connectivity index (χ0n) is 21.4. The second-order valence-corrected chi connectivity index (χ2v) is 10.9. The predicted molar refractivity (Wildman–Crippen MR) is 138 cm³/mol. The van der Waals surface area contributed by atoms with E-state index in [1.54, 1.807) is 18.2 Å². The summed E-state index contributed by atoms with van der Waals surface area (Å²) in [6.07, 6.45) is 11.1. The third-order valence-corrected chi connectivity index (χ3v) is 8.46. The van der Waals surface area contributed by atoms with Gasteiger partial charge in [-0.3, -0.25) is 34.1 Å². The molecule has 1 saturated carbocycles. The Morgan fingerprint density at radius 1 is 1.03 bits per heavy atom. The van der Waals surface area contributed by atoms with Crippen molar-refractivity contribution in [3.63, 3.8) is 0 Å². The van der Waals surface area contributed by atoms with Crippen molar-refractivity contribution in [3.05, 3.63) is 47.3 Å². The van der Waals surface area contributed by atoms with Crippen LogP contribution in [0.15, 0.2) is 30.6 Å². The van der Waals surface area contributed by atoms with Crippen molar-refractivity contribution < 1.29 is 23.9 Å². The first kappa shape index (κ1) is 24.8. The largest absolute Gasteiger partial charge is 0.385 e. The van der Waals surface area contributed by atoms with Crippen LogP contribution in [-0.2, 0) is 14.3 Å². The van der Waals surface area contributed by atoms with Gasteiger partial charge < -0.3 is 10.1 Å². The number of hydrogen-bond donors (Lipinski definition) is 2. The molecule has 0 bridgehead atoms. The van der Waals surface area contributed by atoms with Crippen LogP contribution in [0.5, 0.6) is 0 Å². The van der Waals surface area contributed by atoms with Gasteiger partial charge in [0.1, 0.15) is 6.04 Å². The molecule has 200 valence electrons. The van der Waals surface area contributed by atoms with E-state index in [-0.39, 0.29) is 18.7 Å². The van der Waals surface area contributed by atoms with E-state index in [0.29, 0.717) is 29.0 Å². The Hall–Kier alpha value is -3.53. The Bertz CT molecular complexity index is 1260. The van der Waals surface area contributed by atoms with E-state index in [1.807, 2.05) is 6.20 Å². The first-order chi connectivity index (χ1) is 18.5. The number of fused-ring (bicyclic) bond motifs is 1. The van der Waals surface area contributed by atoms with E-state index in [2.05, 4.69) is 26.6 Å². The van der Waals surface area contributed by atoms with Crippen molar-refractivity contribution in [2.24, 2.45) is 5.92 Å². The average molecular weight is 520 g/mol. The third kappa shape index (κ3) is 4.73. The summed E-state index contributed by atoms with van der Waals surface area (Å²) < 4.78 is 7.63. The molecule has 2 N–H and O–H groups in total. The highest BCUT2D eigenvalue weighted by Gasteiger charge is 2.44. The van der Waals surface area contributed by atoms with Crippen molar-refractivity contribution in [2.45, 2.75) is 69.4 Å². The first-order valence-corrected chi connectivity index (χ1v) is 13.7. The van der Waals surface area contributed by atoms with Gasteiger partial charge in [0.2, 0.25) is 11.8 Å². The molecule has 4 aliphatic rings. The SMILES string of the molecule is O=C1CCC(N2C(=O)c3ccc(NCCC[C@H]4C[C@H](n5cc(C6CCOCC6)cn5)C4)cc3C2=O)C(=O)N1. The van der Waals surface area contributed by atoms with E-state index >= 15 is 0 Å². The van der Waals surface area contributed by atoms with Gasteiger partial charge in [0.15, 0.2) is 0 Å². The topological polar surface area (TPSA) is 123 Å². The molecule has 6 rings (SSSR count). The molecule has 1 aromatic carbocycles. The fourth-order valence-corrected chi connectivity index (χ4v) is 6.15. The zero-order valence-corrected chi connectivity index (χ0v) is 21.4. The maximum absolute atomic E-state index is 13.0. The number of ether oxygens (including phenoxy) is 1. The lowest BCUT2D eigenvalue weighted by Crippen LogP contribution is -2.54. The van der Waals surface area contributed by atoms with Gasteiger partial charge >= 0.3 is 0 Å². The number of amides is 4. The van der Waals surface area contributed by atoms with Gasteiger partial charge in [-0.05, 0) is 80.5 Å². The highest BCUT2D eigenvalue weighted by molar-refractivity contribution is 6.23. The maximum atomic E-state index is 13.0. The molecule has 1 unspecified atom stereocenters. The van der Waals surface area contributed by atoms with E-state index in [0.717, 1.165) is 68.9 Å². The smallest absolute Gasteiger partial charge is 0.262 e. The van der Waals surface area contributed by atoms with E-state index in [9.17, 15) is 19.2 Å². The van der Waals surface area contributed by atoms with E-state index in [1.165, 1.54) is 5.56 Å². The Morgan fingerprint density at radius 3 is 2.61 bits per heavy atom. The number of piperidine rings is 1. The average Bonchev–Trinajstić information content (AvgIpc) is 3.47. The van der Waals surface area contributed by atoms with Crippen molar-refractivity contribution in [1.82, 2.24) is 20.0 Å². The van der Waals surface area contributed by atoms with Crippen molar-refractivity contribution in [3.8, 4) is 0 Å². The number of imide groups is 2. The Labute approximate surface area is 221 Å². The lowest BCUT2D eigenvalue weighted by molar-refractivity contribution is -0.136. The van der Waals surface area contributed by atoms with Crippen LogP contribution in [0.3, 0.4) is 0 Å². The van der Waals surface area contributed by atoms with Crippen LogP contribution >= 0.6 is 0 Å². The minimum Gasteiger partial charge on any atom is -0.385 e. The molecule has 0 radical (unpaired) electrons. The van der Waals surface area contributed by atoms with Gasteiger partial charge in [-0.2, -0.15) is 5.10 Å². The number of benzene rings is 1. The monoisotopic (exact) mass is 519 g/mol. The minimum absolute atomic E-state index is 0.109. The number of nitrogens with one attached hydrogen (secondary N) is 2. The van der Waals surface area contributed by atoms with Crippen LogP contribution in [0.4, 0.5) is 5.69 Å². The van der Waals surface area contributed by atoms with Crippen molar-refractivity contribution in [1.29, 1.82) is 0 Å². The van der Waals surface area contributed by atoms with Crippen molar-refractivity contribution >= 4 is 29.3 Å². The highest BCUT2D eigenvalue weighted by Crippen LogP contribution is 2.41. The fourth-order valence-electron chi connectivity index (χ4n) is 6.15. The highest BCUT2D eigenvalue weighted by atomic mass is 16.5. The molecular formula is C28H33N5O5. The lowest BCUT2D eigenvalue weighted by Gasteiger charge is -2.35. The third-order valence-electron chi connectivity index (χ3n) is 8.46. The molecule has 10 heteroatoms. The lowest BCUT2D eigenvalue weighted by atomic mass is 9.77. The molecule has 3 fully saturated rings. The van der Waals surface area contributed by atoms with Crippen LogP contribution in [0.2, 0.25) is 0 Å². The Morgan fingerprint density at radius 2 is 1.82 bits per heavy atom. The molecule has 2 aromatic rings. The summed E-state index contributed by atoms with van der Waals surface area (Å²) in [4.78, 5) is 50.5. The molecule has 4 heterocycles. The van der Waals surface area contributed by atoms with Crippen LogP contribution in [-0.4, -0.2) is 64.1 Å². The van der Waals surface area contributed by atoms with Gasteiger partial charge in [-0.25, -0.2) is 0 Å². The maximum Gasteiger partial charge on any atom is 0.262 e. The number of hydrogen-bond acceptors (Lipinski definition) is 7. The first-order valence-electron chi connectivity index (χ1n) is 13.7. The quantitative estimate of drug-likeness (QED) is 0.406. The number of aromatic nitrogens is 2. The molecule has 10 nitrogen and oxygen atoms in total. The molecule has 1 atom stereocenters. The fraction of sp³-hybridized carbons (Fsp3) is 0.536. The molecular weight excluding hydrogens is 486 g/mol. The Kier molecular flexibility index (Phi) is 6.73. The number of carbonyl (C=O) groups excluding carboxylic acids is 4. The summed E-state index contributed by atoms with van der Waals surface area (Å²) in [5.74, 6) is -0.677. The van der Waals surface area contributed by atoms with Gasteiger partial charge in [-0.1, -0.05) is 0 Å². The summed E-state index contributed by atoms with van der Waals surface area (Å²) >= 11 is 0. The molecule has 4 amide bonds. The van der Waals surface area contributed by atoms with Gasteiger partial charge in [0.05, 0.1) is 23.4 Å². The van der Waals surface area contributed by atoms with Crippen LogP contribution in [0, 0.1) is 5.92 Å². The summed E-state index contributed by atoms with van der Waals surface area (Å²) in [7, 11) is 0. The predicted octanol–water partition coefficient (Wildman–Crippen LogP) is 3.02. The van der Waals surface area contributed by atoms with Crippen LogP contribution in [0.1, 0.15) is 89.6 Å². The Balaban J connectivity index is 0.961. The number of rotatable bonds is 8. The van der Waals surface area contributed by atoms with Crippen LogP contribution in [0.25, 0.3) is 0 Å². The summed E-state index contributed by atoms with van der Waals surface area (Å²) in [6, 6.07) is 4.67. The summed E-state index contributed by atoms with van der Waals surface area (Å²) in [5, 5.41) is 10.2.